The van der Waals surface area contributed by atoms with Crippen LogP contribution in [0.3, 0.4) is 0 Å². The highest BCUT2D eigenvalue weighted by molar-refractivity contribution is 7.89. The van der Waals surface area contributed by atoms with Gasteiger partial charge in [0, 0.05) is 19.5 Å². The first-order valence-corrected chi connectivity index (χ1v) is 10.1. The zero-order valence-corrected chi connectivity index (χ0v) is 16.8. The number of halogens is 1. The molecule has 3 N–H and O–H groups in total. The summed E-state index contributed by atoms with van der Waals surface area (Å²) in [6.07, 6.45) is 2.28. The van der Waals surface area contributed by atoms with Gasteiger partial charge in [-0.1, -0.05) is 12.1 Å². The number of nitrogens with two attached hydrogens (primary N) is 1. The largest absolute Gasteiger partial charge is 0.384 e. The second kappa shape index (κ2) is 9.83. The Hall–Kier alpha value is -2.20. The van der Waals surface area contributed by atoms with Crippen molar-refractivity contribution in [2.24, 2.45) is 0 Å². The van der Waals surface area contributed by atoms with E-state index >= 15 is 0 Å². The standard InChI is InChI=1S/C18H22N4O4S.ClH/c19-17-7-4-15(13-20-17)21-18(23)8-3-14-1-5-16(6-2-14)27(24,25)22-9-11-26-12-10-22;/h1-2,4-7,13H,3,8-12H2,(H2,19,20)(H,21,23);1H. The Labute approximate surface area is 170 Å². The van der Waals surface area contributed by atoms with Gasteiger partial charge in [0.05, 0.1) is 30.0 Å². The molecule has 1 amide bonds. The van der Waals surface area contributed by atoms with Gasteiger partial charge in [-0.2, -0.15) is 4.31 Å². The van der Waals surface area contributed by atoms with Crippen molar-refractivity contribution in [3.8, 4) is 0 Å². The summed E-state index contributed by atoms with van der Waals surface area (Å²) in [4.78, 5) is 16.2. The molecule has 1 saturated heterocycles. The van der Waals surface area contributed by atoms with Crippen LogP contribution >= 0.6 is 12.4 Å². The Morgan fingerprint density at radius 1 is 1.14 bits per heavy atom. The maximum absolute atomic E-state index is 12.6. The van der Waals surface area contributed by atoms with Crippen molar-refractivity contribution in [1.29, 1.82) is 0 Å². The number of carbonyl (C=O) groups excluding carboxylic acids is 1. The topological polar surface area (TPSA) is 115 Å². The van der Waals surface area contributed by atoms with Crippen molar-refractivity contribution >= 4 is 39.8 Å². The van der Waals surface area contributed by atoms with Crippen LogP contribution in [0, 0.1) is 0 Å². The van der Waals surface area contributed by atoms with Gasteiger partial charge in [-0.05, 0) is 36.2 Å². The van der Waals surface area contributed by atoms with Crippen molar-refractivity contribution in [2.75, 3.05) is 37.4 Å². The zero-order chi connectivity index (χ0) is 19.3. The molecule has 28 heavy (non-hydrogen) atoms. The van der Waals surface area contributed by atoms with Gasteiger partial charge in [-0.3, -0.25) is 4.79 Å². The average Bonchev–Trinajstić information content (AvgIpc) is 2.69. The van der Waals surface area contributed by atoms with Crippen LogP contribution in [0.25, 0.3) is 0 Å². The molecule has 0 radical (unpaired) electrons. The van der Waals surface area contributed by atoms with Gasteiger partial charge in [0.2, 0.25) is 15.9 Å². The monoisotopic (exact) mass is 426 g/mol. The van der Waals surface area contributed by atoms with Gasteiger partial charge in [0.15, 0.2) is 0 Å². The van der Waals surface area contributed by atoms with Crippen LogP contribution in [0.1, 0.15) is 12.0 Å². The summed E-state index contributed by atoms with van der Waals surface area (Å²) in [5, 5.41) is 2.75. The van der Waals surface area contributed by atoms with Crippen LogP contribution in [0.2, 0.25) is 0 Å². The number of sulfonamides is 1. The van der Waals surface area contributed by atoms with Gasteiger partial charge < -0.3 is 15.8 Å². The molecule has 2 aromatic rings. The second-order valence-electron chi connectivity index (χ2n) is 6.18. The van der Waals surface area contributed by atoms with Crippen LogP contribution in [-0.4, -0.2) is 49.9 Å². The van der Waals surface area contributed by atoms with E-state index in [0.29, 0.717) is 44.2 Å². The highest BCUT2D eigenvalue weighted by Gasteiger charge is 2.26. The Balaban J connectivity index is 0.00000280. The normalized spacial score (nSPS) is 14.9. The zero-order valence-electron chi connectivity index (χ0n) is 15.2. The van der Waals surface area contributed by atoms with E-state index < -0.39 is 10.0 Å². The van der Waals surface area contributed by atoms with Crippen molar-refractivity contribution in [3.63, 3.8) is 0 Å². The lowest BCUT2D eigenvalue weighted by molar-refractivity contribution is -0.116. The van der Waals surface area contributed by atoms with E-state index in [1.807, 2.05) is 0 Å². The third kappa shape index (κ3) is 5.65. The predicted octanol–water partition coefficient (Wildman–Crippen LogP) is 1.68. The summed E-state index contributed by atoms with van der Waals surface area (Å²) in [5.41, 5.74) is 6.98. The van der Waals surface area contributed by atoms with Gasteiger partial charge in [0.1, 0.15) is 5.82 Å². The average molecular weight is 427 g/mol. The molecule has 0 unspecified atom stereocenters. The SMILES string of the molecule is Cl.Nc1ccc(NC(=O)CCc2ccc(S(=O)(=O)N3CCOCC3)cc2)cn1. The molecule has 1 fully saturated rings. The number of aryl methyl sites for hydroxylation is 1. The van der Waals surface area contributed by atoms with Crippen molar-refractivity contribution in [3.05, 3.63) is 48.2 Å². The molecule has 10 heteroatoms. The first kappa shape index (κ1) is 22.1. The lowest BCUT2D eigenvalue weighted by Crippen LogP contribution is -2.40. The molecule has 0 aliphatic carbocycles. The third-order valence-electron chi connectivity index (χ3n) is 4.24. The summed E-state index contributed by atoms with van der Waals surface area (Å²) in [6.45, 7) is 1.56. The molecule has 0 spiro atoms. The molecular formula is C18H23ClN4O4S. The lowest BCUT2D eigenvalue weighted by atomic mass is 10.1. The number of rotatable bonds is 6. The summed E-state index contributed by atoms with van der Waals surface area (Å²) < 4.78 is 31.8. The Morgan fingerprint density at radius 3 is 2.43 bits per heavy atom. The van der Waals surface area contributed by atoms with Crippen LogP contribution in [-0.2, 0) is 26.0 Å². The van der Waals surface area contributed by atoms with Crippen LogP contribution in [0.4, 0.5) is 11.5 Å². The minimum absolute atomic E-state index is 0. The number of benzene rings is 1. The first-order chi connectivity index (χ1) is 12.9. The molecule has 2 heterocycles. The van der Waals surface area contributed by atoms with Gasteiger partial charge >= 0.3 is 0 Å². The van der Waals surface area contributed by atoms with Crippen molar-refractivity contribution in [1.82, 2.24) is 9.29 Å². The van der Waals surface area contributed by atoms with E-state index in [1.165, 1.54) is 10.5 Å². The molecule has 0 atom stereocenters. The minimum atomic E-state index is -3.50. The summed E-state index contributed by atoms with van der Waals surface area (Å²) >= 11 is 0. The third-order valence-corrected chi connectivity index (χ3v) is 6.15. The quantitative estimate of drug-likeness (QED) is 0.726. The highest BCUT2D eigenvalue weighted by atomic mass is 35.5. The minimum Gasteiger partial charge on any atom is -0.384 e. The van der Waals surface area contributed by atoms with Crippen LogP contribution in [0.5, 0.6) is 0 Å². The molecule has 1 aromatic heterocycles. The number of nitrogens with one attached hydrogen (secondary N) is 1. The van der Waals surface area contributed by atoms with Crippen molar-refractivity contribution in [2.45, 2.75) is 17.7 Å². The smallest absolute Gasteiger partial charge is 0.243 e. The number of hydrogen-bond acceptors (Lipinski definition) is 6. The number of morpholine rings is 1. The molecular weight excluding hydrogens is 404 g/mol. The van der Waals surface area contributed by atoms with Gasteiger partial charge in [-0.15, -0.1) is 12.4 Å². The second-order valence-corrected chi connectivity index (χ2v) is 8.12. The summed E-state index contributed by atoms with van der Waals surface area (Å²) in [7, 11) is -3.50. The number of hydrogen-bond donors (Lipinski definition) is 2. The molecule has 1 aromatic carbocycles. The van der Waals surface area contributed by atoms with E-state index in [4.69, 9.17) is 10.5 Å². The molecule has 8 nitrogen and oxygen atoms in total. The first-order valence-electron chi connectivity index (χ1n) is 8.63. The molecule has 3 rings (SSSR count). The van der Waals surface area contributed by atoms with E-state index in [0.717, 1.165) is 5.56 Å². The number of nitrogen functional groups attached to an aromatic ring is 1. The number of aromatic nitrogens is 1. The number of anilines is 2. The lowest BCUT2D eigenvalue weighted by Gasteiger charge is -2.26. The van der Waals surface area contributed by atoms with E-state index in [2.05, 4.69) is 10.3 Å². The maximum Gasteiger partial charge on any atom is 0.243 e. The number of ether oxygens (including phenoxy) is 1. The van der Waals surface area contributed by atoms with E-state index in [1.54, 1.807) is 36.4 Å². The number of amides is 1. The Kier molecular flexibility index (Phi) is 7.76. The van der Waals surface area contributed by atoms with E-state index in [9.17, 15) is 13.2 Å². The fourth-order valence-corrected chi connectivity index (χ4v) is 4.13. The summed E-state index contributed by atoms with van der Waals surface area (Å²) in [5.74, 6) is 0.242. The maximum atomic E-state index is 12.6. The predicted molar refractivity (Wildman–Crippen MR) is 109 cm³/mol. The van der Waals surface area contributed by atoms with Gasteiger partial charge in [0.25, 0.3) is 0 Å². The van der Waals surface area contributed by atoms with E-state index in [-0.39, 0.29) is 29.6 Å². The molecule has 1 aliphatic rings. The molecule has 1 aliphatic heterocycles. The number of carbonyl (C=O) groups is 1. The Morgan fingerprint density at radius 2 is 1.82 bits per heavy atom. The van der Waals surface area contributed by atoms with Crippen LogP contribution in [0.15, 0.2) is 47.5 Å². The fourth-order valence-electron chi connectivity index (χ4n) is 2.72. The molecule has 0 bridgehead atoms. The van der Waals surface area contributed by atoms with Gasteiger partial charge in [-0.25, -0.2) is 13.4 Å². The molecule has 0 saturated carbocycles. The highest BCUT2D eigenvalue weighted by Crippen LogP contribution is 2.18. The number of pyridine rings is 1. The fraction of sp³-hybridized carbons (Fsp3) is 0.333. The Bertz CT molecular complexity index is 883. The summed E-state index contributed by atoms with van der Waals surface area (Å²) in [6, 6.07) is 9.95. The van der Waals surface area contributed by atoms with Crippen LogP contribution < -0.4 is 11.1 Å². The molecule has 152 valence electrons. The number of nitrogens with zero attached hydrogens (tertiary/aromatic N) is 2. The van der Waals surface area contributed by atoms with Crippen molar-refractivity contribution < 1.29 is 17.9 Å².